The summed E-state index contributed by atoms with van der Waals surface area (Å²) in [6.45, 7) is 6.76. The molecule has 0 unspecified atom stereocenters. The molecule has 0 aliphatic heterocycles. The molecular formula is C29H33BrN2O3. The zero-order valence-corrected chi connectivity index (χ0v) is 22.2. The summed E-state index contributed by atoms with van der Waals surface area (Å²) < 4.78 is 6.80. The Hall–Kier alpha value is -3.12. The molecular weight excluding hydrogens is 504 g/mol. The highest BCUT2D eigenvalue weighted by Crippen LogP contribution is 2.20. The summed E-state index contributed by atoms with van der Waals surface area (Å²) in [6, 6.07) is 22.7. The van der Waals surface area contributed by atoms with Gasteiger partial charge in [0.25, 0.3) is 5.91 Å². The zero-order chi connectivity index (χ0) is 25.2. The third-order valence-electron chi connectivity index (χ3n) is 5.90. The van der Waals surface area contributed by atoms with E-state index in [1.165, 1.54) is 0 Å². The molecule has 0 aliphatic rings. The van der Waals surface area contributed by atoms with E-state index in [1.807, 2.05) is 93.6 Å². The number of hydrogen-bond acceptors (Lipinski definition) is 3. The van der Waals surface area contributed by atoms with E-state index in [4.69, 9.17) is 4.74 Å². The van der Waals surface area contributed by atoms with Gasteiger partial charge in [0.2, 0.25) is 5.91 Å². The smallest absolute Gasteiger partial charge is 0.261 e. The summed E-state index contributed by atoms with van der Waals surface area (Å²) in [6.07, 6.45) is 1.24. The summed E-state index contributed by atoms with van der Waals surface area (Å²) in [4.78, 5) is 28.5. The molecule has 0 aromatic heterocycles. The van der Waals surface area contributed by atoms with Gasteiger partial charge in [-0.2, -0.15) is 0 Å². The standard InChI is InChI=1S/C29H33BrN2O3/c1-4-15-31-29(34)27(18-23-9-6-5-7-10-23)32(19-24-11-8-12-25(30)17-24)28(33)20-35-26-14-13-21(2)22(3)16-26/h5-14,16-17,27H,4,15,18-20H2,1-3H3,(H,31,34)/t27-/m0/s1. The molecule has 2 amide bonds. The average Bonchev–Trinajstić information content (AvgIpc) is 2.86. The molecule has 0 aliphatic carbocycles. The molecule has 6 heteroatoms. The van der Waals surface area contributed by atoms with Gasteiger partial charge in [-0.1, -0.05) is 71.4 Å². The number of hydrogen-bond donors (Lipinski definition) is 1. The highest BCUT2D eigenvalue weighted by molar-refractivity contribution is 9.10. The molecule has 0 spiro atoms. The van der Waals surface area contributed by atoms with Crippen molar-refractivity contribution in [2.75, 3.05) is 13.2 Å². The number of amides is 2. The molecule has 0 bridgehead atoms. The minimum Gasteiger partial charge on any atom is -0.484 e. The van der Waals surface area contributed by atoms with Crippen LogP contribution in [-0.2, 0) is 22.6 Å². The van der Waals surface area contributed by atoms with Crippen molar-refractivity contribution in [3.05, 3.63) is 99.5 Å². The number of aryl methyl sites for hydroxylation is 2. The third kappa shape index (κ3) is 7.96. The minimum absolute atomic E-state index is 0.150. The van der Waals surface area contributed by atoms with E-state index in [9.17, 15) is 9.59 Å². The second kappa shape index (κ2) is 13.1. The Labute approximate surface area is 216 Å². The fraction of sp³-hybridized carbons (Fsp3) is 0.310. The fourth-order valence-electron chi connectivity index (χ4n) is 3.78. The molecule has 0 saturated heterocycles. The molecule has 0 heterocycles. The monoisotopic (exact) mass is 536 g/mol. The lowest BCUT2D eigenvalue weighted by Gasteiger charge is -2.31. The number of rotatable bonds is 11. The third-order valence-corrected chi connectivity index (χ3v) is 6.40. The Morgan fingerprint density at radius 1 is 0.943 bits per heavy atom. The van der Waals surface area contributed by atoms with Crippen LogP contribution >= 0.6 is 15.9 Å². The molecule has 3 aromatic carbocycles. The second-order valence-corrected chi connectivity index (χ2v) is 9.60. The molecule has 35 heavy (non-hydrogen) atoms. The molecule has 0 radical (unpaired) electrons. The first-order valence-electron chi connectivity index (χ1n) is 11.9. The van der Waals surface area contributed by atoms with Gasteiger partial charge in [0.15, 0.2) is 6.61 Å². The van der Waals surface area contributed by atoms with Gasteiger partial charge >= 0.3 is 0 Å². The SMILES string of the molecule is CCCNC(=O)[C@H](Cc1ccccc1)N(Cc1cccc(Br)c1)C(=O)COc1ccc(C)c(C)c1. The number of halogens is 1. The van der Waals surface area contributed by atoms with Crippen molar-refractivity contribution in [3.63, 3.8) is 0 Å². The van der Waals surface area contributed by atoms with Crippen LogP contribution in [0.15, 0.2) is 77.3 Å². The van der Waals surface area contributed by atoms with Gasteiger partial charge in [-0.05, 0) is 66.8 Å². The highest BCUT2D eigenvalue weighted by Gasteiger charge is 2.30. The van der Waals surface area contributed by atoms with Crippen molar-refractivity contribution in [1.29, 1.82) is 0 Å². The summed E-state index contributed by atoms with van der Waals surface area (Å²) >= 11 is 3.51. The lowest BCUT2D eigenvalue weighted by molar-refractivity contribution is -0.142. The van der Waals surface area contributed by atoms with Crippen molar-refractivity contribution in [2.45, 2.75) is 46.2 Å². The van der Waals surface area contributed by atoms with Gasteiger partial charge < -0.3 is 15.0 Å². The van der Waals surface area contributed by atoms with Crippen molar-refractivity contribution >= 4 is 27.7 Å². The fourth-order valence-corrected chi connectivity index (χ4v) is 4.23. The van der Waals surface area contributed by atoms with Gasteiger partial charge in [-0.15, -0.1) is 0 Å². The first kappa shape index (κ1) is 26.5. The topological polar surface area (TPSA) is 58.6 Å². The second-order valence-electron chi connectivity index (χ2n) is 8.68. The Kier molecular flexibility index (Phi) is 9.91. The van der Waals surface area contributed by atoms with Crippen LogP contribution in [0.2, 0.25) is 0 Å². The van der Waals surface area contributed by atoms with E-state index in [2.05, 4.69) is 21.2 Å². The summed E-state index contributed by atoms with van der Waals surface area (Å²) in [5.74, 6) is 0.236. The largest absolute Gasteiger partial charge is 0.484 e. The highest BCUT2D eigenvalue weighted by atomic mass is 79.9. The first-order chi connectivity index (χ1) is 16.9. The van der Waals surface area contributed by atoms with Gasteiger partial charge in [-0.3, -0.25) is 9.59 Å². The molecule has 1 atom stereocenters. The molecule has 3 aromatic rings. The van der Waals surface area contributed by atoms with Crippen LogP contribution in [0.5, 0.6) is 5.75 Å². The van der Waals surface area contributed by atoms with Crippen LogP contribution in [0.3, 0.4) is 0 Å². The minimum atomic E-state index is -0.668. The van der Waals surface area contributed by atoms with Crippen molar-refractivity contribution in [3.8, 4) is 5.75 Å². The van der Waals surface area contributed by atoms with E-state index in [-0.39, 0.29) is 18.4 Å². The maximum Gasteiger partial charge on any atom is 0.261 e. The van der Waals surface area contributed by atoms with Crippen LogP contribution in [0.4, 0.5) is 0 Å². The molecule has 184 valence electrons. The van der Waals surface area contributed by atoms with E-state index in [1.54, 1.807) is 4.90 Å². The van der Waals surface area contributed by atoms with Crippen molar-refractivity contribution in [1.82, 2.24) is 10.2 Å². The Morgan fingerprint density at radius 3 is 2.37 bits per heavy atom. The Bertz CT molecular complexity index is 1130. The van der Waals surface area contributed by atoms with Crippen molar-refractivity contribution in [2.24, 2.45) is 0 Å². The molecule has 3 rings (SSSR count). The Balaban J connectivity index is 1.89. The average molecular weight is 537 g/mol. The number of carbonyl (C=O) groups excluding carboxylic acids is 2. The van der Waals surface area contributed by atoms with E-state index >= 15 is 0 Å². The molecule has 0 fully saturated rings. The van der Waals surface area contributed by atoms with E-state index in [0.29, 0.717) is 25.3 Å². The lowest BCUT2D eigenvalue weighted by Crippen LogP contribution is -2.51. The summed E-state index contributed by atoms with van der Waals surface area (Å²) in [5, 5.41) is 2.99. The van der Waals surface area contributed by atoms with Crippen LogP contribution in [-0.4, -0.2) is 35.9 Å². The zero-order valence-electron chi connectivity index (χ0n) is 20.6. The summed E-state index contributed by atoms with van der Waals surface area (Å²) in [5.41, 5.74) is 4.18. The number of benzene rings is 3. The summed E-state index contributed by atoms with van der Waals surface area (Å²) in [7, 11) is 0. The molecule has 0 saturated carbocycles. The van der Waals surface area contributed by atoms with Crippen LogP contribution < -0.4 is 10.1 Å². The van der Waals surface area contributed by atoms with Gasteiger partial charge in [0.1, 0.15) is 11.8 Å². The quantitative estimate of drug-likeness (QED) is 0.346. The van der Waals surface area contributed by atoms with Gasteiger partial charge in [0.05, 0.1) is 0 Å². The number of ether oxygens (including phenoxy) is 1. The van der Waals surface area contributed by atoms with Crippen molar-refractivity contribution < 1.29 is 14.3 Å². The maximum absolute atomic E-state index is 13.6. The first-order valence-corrected chi connectivity index (χ1v) is 12.7. The van der Waals surface area contributed by atoms with Crippen LogP contribution in [0.25, 0.3) is 0 Å². The predicted molar refractivity (Wildman–Crippen MR) is 143 cm³/mol. The van der Waals surface area contributed by atoms with Crippen LogP contribution in [0, 0.1) is 13.8 Å². The van der Waals surface area contributed by atoms with E-state index < -0.39 is 6.04 Å². The maximum atomic E-state index is 13.6. The van der Waals surface area contributed by atoms with E-state index in [0.717, 1.165) is 33.1 Å². The lowest BCUT2D eigenvalue weighted by atomic mass is 10.0. The number of nitrogens with one attached hydrogen (secondary N) is 1. The predicted octanol–water partition coefficient (Wildman–Crippen LogP) is 5.61. The normalized spacial score (nSPS) is 11.5. The Morgan fingerprint density at radius 2 is 1.69 bits per heavy atom. The number of nitrogens with zero attached hydrogens (tertiary/aromatic N) is 1. The van der Waals surface area contributed by atoms with Gasteiger partial charge in [0, 0.05) is 24.0 Å². The molecule has 5 nitrogen and oxygen atoms in total. The molecule has 1 N–H and O–H groups in total. The van der Waals surface area contributed by atoms with Gasteiger partial charge in [-0.25, -0.2) is 0 Å². The number of carbonyl (C=O) groups is 2. The van der Waals surface area contributed by atoms with Crippen LogP contribution in [0.1, 0.15) is 35.6 Å².